The molecule has 0 bridgehead atoms. The highest BCUT2D eigenvalue weighted by atomic mass is 79.9. The van der Waals surface area contributed by atoms with Gasteiger partial charge in [-0.3, -0.25) is 0 Å². The van der Waals surface area contributed by atoms with Crippen LogP contribution in [0.2, 0.25) is 0 Å². The smallest absolute Gasteiger partial charge is 0.243 e. The van der Waals surface area contributed by atoms with Gasteiger partial charge in [0.15, 0.2) is 0 Å². The summed E-state index contributed by atoms with van der Waals surface area (Å²) in [5.74, 6) is 0.00455. The van der Waals surface area contributed by atoms with Crippen LogP contribution < -0.4 is 10.5 Å². The predicted octanol–water partition coefficient (Wildman–Crippen LogP) is 3.38. The molecule has 0 spiro atoms. The summed E-state index contributed by atoms with van der Waals surface area (Å²) >= 11 is 3.07. The van der Waals surface area contributed by atoms with Gasteiger partial charge in [-0.15, -0.1) is 0 Å². The molecule has 0 radical (unpaired) electrons. The fourth-order valence-electron chi connectivity index (χ4n) is 2.28. The van der Waals surface area contributed by atoms with E-state index in [4.69, 9.17) is 5.73 Å². The molecule has 1 rings (SSSR count). The lowest BCUT2D eigenvalue weighted by atomic mass is 9.86. The van der Waals surface area contributed by atoms with E-state index < -0.39 is 20.7 Å². The molecular formula is C14H22BrFN2O2S. The SMILES string of the molecule is CC(C)C(CNS(=O)(=O)c1cc(N)c(Br)cc1F)C(C)C. The van der Waals surface area contributed by atoms with Crippen LogP contribution in [-0.4, -0.2) is 15.0 Å². The molecule has 0 aliphatic carbocycles. The van der Waals surface area contributed by atoms with Gasteiger partial charge in [-0.05, 0) is 45.8 Å². The molecule has 120 valence electrons. The van der Waals surface area contributed by atoms with Gasteiger partial charge in [0.05, 0.1) is 0 Å². The van der Waals surface area contributed by atoms with E-state index in [1.165, 1.54) is 0 Å². The third-order valence-electron chi connectivity index (χ3n) is 3.56. The number of sulfonamides is 1. The van der Waals surface area contributed by atoms with Crippen LogP contribution in [0.25, 0.3) is 0 Å². The van der Waals surface area contributed by atoms with Crippen molar-refractivity contribution in [1.82, 2.24) is 4.72 Å². The van der Waals surface area contributed by atoms with E-state index in [-0.39, 0.29) is 18.2 Å². The van der Waals surface area contributed by atoms with E-state index in [0.29, 0.717) is 16.3 Å². The normalized spacial score (nSPS) is 12.6. The summed E-state index contributed by atoms with van der Waals surface area (Å²) in [6, 6.07) is 2.19. The first kappa shape index (κ1) is 18.4. The zero-order valence-electron chi connectivity index (χ0n) is 12.7. The first-order valence-electron chi connectivity index (χ1n) is 6.80. The number of benzene rings is 1. The van der Waals surface area contributed by atoms with Crippen LogP contribution in [0.15, 0.2) is 21.5 Å². The second-order valence-corrected chi connectivity index (χ2v) is 8.40. The fraction of sp³-hybridized carbons (Fsp3) is 0.571. The Bertz CT molecular complexity index is 595. The molecule has 1 aromatic carbocycles. The third-order valence-corrected chi connectivity index (χ3v) is 5.69. The lowest BCUT2D eigenvalue weighted by Crippen LogP contribution is -2.34. The summed E-state index contributed by atoms with van der Waals surface area (Å²) < 4.78 is 41.2. The molecule has 0 saturated heterocycles. The highest BCUT2D eigenvalue weighted by Crippen LogP contribution is 2.26. The Morgan fingerprint density at radius 1 is 1.24 bits per heavy atom. The average molecular weight is 381 g/mol. The number of anilines is 1. The number of hydrogen-bond donors (Lipinski definition) is 2. The predicted molar refractivity (Wildman–Crippen MR) is 86.9 cm³/mol. The molecular weight excluding hydrogens is 359 g/mol. The summed E-state index contributed by atoms with van der Waals surface area (Å²) in [5, 5.41) is 0. The molecule has 0 aliphatic rings. The Morgan fingerprint density at radius 2 is 1.76 bits per heavy atom. The van der Waals surface area contributed by atoms with Gasteiger partial charge in [0, 0.05) is 16.7 Å². The van der Waals surface area contributed by atoms with Crippen LogP contribution in [0, 0.1) is 23.6 Å². The topological polar surface area (TPSA) is 72.2 Å². The molecule has 0 aromatic heterocycles. The zero-order chi connectivity index (χ0) is 16.4. The molecule has 4 nitrogen and oxygen atoms in total. The van der Waals surface area contributed by atoms with Crippen molar-refractivity contribution in [2.75, 3.05) is 12.3 Å². The molecule has 0 saturated carbocycles. The first-order chi connectivity index (χ1) is 9.56. The van der Waals surface area contributed by atoms with Crippen molar-refractivity contribution in [3.63, 3.8) is 0 Å². The minimum absolute atomic E-state index is 0.177. The van der Waals surface area contributed by atoms with E-state index in [9.17, 15) is 12.8 Å². The second kappa shape index (κ2) is 7.07. The van der Waals surface area contributed by atoms with Crippen molar-refractivity contribution in [1.29, 1.82) is 0 Å². The lowest BCUT2D eigenvalue weighted by molar-refractivity contribution is 0.289. The summed E-state index contributed by atoms with van der Waals surface area (Å²) in [7, 11) is -3.92. The molecule has 1 aromatic rings. The van der Waals surface area contributed by atoms with Crippen LogP contribution in [-0.2, 0) is 10.0 Å². The molecule has 21 heavy (non-hydrogen) atoms. The Balaban J connectivity index is 3.00. The summed E-state index contributed by atoms with van der Waals surface area (Å²) in [4.78, 5) is -0.422. The Labute approximate surface area is 134 Å². The van der Waals surface area contributed by atoms with Gasteiger partial charge in [0.1, 0.15) is 10.7 Å². The highest BCUT2D eigenvalue weighted by Gasteiger charge is 2.24. The quantitative estimate of drug-likeness (QED) is 0.742. The van der Waals surface area contributed by atoms with Gasteiger partial charge in [-0.1, -0.05) is 27.7 Å². The Hall–Kier alpha value is -0.660. The van der Waals surface area contributed by atoms with Crippen LogP contribution in [0.4, 0.5) is 10.1 Å². The van der Waals surface area contributed by atoms with E-state index in [2.05, 4.69) is 20.7 Å². The molecule has 0 fully saturated rings. The largest absolute Gasteiger partial charge is 0.398 e. The molecule has 0 heterocycles. The maximum absolute atomic E-state index is 13.9. The maximum atomic E-state index is 13.9. The van der Waals surface area contributed by atoms with Crippen molar-refractivity contribution < 1.29 is 12.8 Å². The zero-order valence-corrected chi connectivity index (χ0v) is 15.1. The second-order valence-electron chi connectivity index (χ2n) is 5.81. The molecule has 0 unspecified atom stereocenters. The van der Waals surface area contributed by atoms with Gasteiger partial charge in [-0.2, -0.15) is 0 Å². The number of rotatable bonds is 6. The maximum Gasteiger partial charge on any atom is 0.243 e. The third kappa shape index (κ3) is 4.66. The van der Waals surface area contributed by atoms with Crippen molar-refractivity contribution >= 4 is 31.6 Å². The van der Waals surface area contributed by atoms with E-state index in [0.717, 1.165) is 12.1 Å². The highest BCUT2D eigenvalue weighted by molar-refractivity contribution is 9.10. The molecule has 0 amide bonds. The minimum Gasteiger partial charge on any atom is -0.398 e. The van der Waals surface area contributed by atoms with Gasteiger partial charge >= 0.3 is 0 Å². The van der Waals surface area contributed by atoms with E-state index in [1.807, 2.05) is 27.7 Å². The van der Waals surface area contributed by atoms with Crippen molar-refractivity contribution in [2.24, 2.45) is 17.8 Å². The van der Waals surface area contributed by atoms with Crippen molar-refractivity contribution in [3.8, 4) is 0 Å². The average Bonchev–Trinajstić information content (AvgIpc) is 2.32. The summed E-state index contributed by atoms with van der Waals surface area (Å²) in [6.07, 6.45) is 0. The van der Waals surface area contributed by atoms with Gasteiger partial charge in [-0.25, -0.2) is 17.5 Å². The van der Waals surface area contributed by atoms with Crippen LogP contribution in [0.5, 0.6) is 0 Å². The van der Waals surface area contributed by atoms with Crippen LogP contribution in [0.3, 0.4) is 0 Å². The minimum atomic E-state index is -3.92. The van der Waals surface area contributed by atoms with E-state index in [1.54, 1.807) is 0 Å². The monoisotopic (exact) mass is 380 g/mol. The molecule has 3 N–H and O–H groups in total. The van der Waals surface area contributed by atoms with Crippen molar-refractivity contribution in [2.45, 2.75) is 32.6 Å². The molecule has 0 aliphatic heterocycles. The van der Waals surface area contributed by atoms with E-state index >= 15 is 0 Å². The first-order valence-corrected chi connectivity index (χ1v) is 9.08. The number of nitrogens with one attached hydrogen (secondary N) is 1. The van der Waals surface area contributed by atoms with Crippen LogP contribution >= 0.6 is 15.9 Å². The van der Waals surface area contributed by atoms with Crippen LogP contribution in [0.1, 0.15) is 27.7 Å². The summed E-state index contributed by atoms with van der Waals surface area (Å²) in [5.41, 5.74) is 5.81. The molecule has 7 heteroatoms. The standard InChI is InChI=1S/C14H22BrFN2O2S/c1-8(2)10(9(3)4)7-18-21(19,20)14-6-13(17)11(15)5-12(14)16/h5-6,8-10,18H,7,17H2,1-4H3. The van der Waals surface area contributed by atoms with Gasteiger partial charge in [0.2, 0.25) is 10.0 Å². The number of hydrogen-bond acceptors (Lipinski definition) is 3. The molecule has 0 atom stereocenters. The van der Waals surface area contributed by atoms with Gasteiger partial charge < -0.3 is 5.73 Å². The lowest BCUT2D eigenvalue weighted by Gasteiger charge is -2.25. The Morgan fingerprint density at radius 3 is 2.24 bits per heavy atom. The summed E-state index contributed by atoms with van der Waals surface area (Å²) in [6.45, 7) is 8.43. The number of halogens is 2. The fourth-order valence-corrected chi connectivity index (χ4v) is 3.76. The number of nitrogens with two attached hydrogens (primary N) is 1. The Kier molecular flexibility index (Phi) is 6.19. The number of nitrogen functional groups attached to an aromatic ring is 1. The van der Waals surface area contributed by atoms with Gasteiger partial charge in [0.25, 0.3) is 0 Å². The van der Waals surface area contributed by atoms with Crippen molar-refractivity contribution in [3.05, 3.63) is 22.4 Å².